The first kappa shape index (κ1) is 17.7. The number of carbonyl (C=O) groups is 2. The average molecular weight is 368 g/mol. The van der Waals surface area contributed by atoms with Crippen LogP contribution in [0.1, 0.15) is 15.9 Å². The van der Waals surface area contributed by atoms with Crippen LogP contribution in [0.2, 0.25) is 0 Å². The fourth-order valence-corrected chi connectivity index (χ4v) is 2.68. The molecule has 1 aliphatic rings. The van der Waals surface area contributed by atoms with Crippen LogP contribution in [0, 0.1) is 5.82 Å². The van der Waals surface area contributed by atoms with Crippen molar-refractivity contribution in [2.75, 3.05) is 22.9 Å². The van der Waals surface area contributed by atoms with Gasteiger partial charge >= 0.3 is 18.2 Å². The van der Waals surface area contributed by atoms with E-state index >= 15 is 0 Å². The Hall–Kier alpha value is -3.10. The van der Waals surface area contributed by atoms with Gasteiger partial charge in [0.2, 0.25) is 0 Å². The predicted molar refractivity (Wildman–Crippen MR) is 84.9 cm³/mol. The lowest BCUT2D eigenvalue weighted by Crippen LogP contribution is -2.32. The van der Waals surface area contributed by atoms with Crippen LogP contribution in [0.4, 0.5) is 33.7 Å². The van der Waals surface area contributed by atoms with Crippen LogP contribution >= 0.6 is 0 Å². The molecule has 1 aliphatic heterocycles. The molecule has 26 heavy (non-hydrogen) atoms. The van der Waals surface area contributed by atoms with Crippen molar-refractivity contribution < 1.29 is 32.3 Å². The monoisotopic (exact) mass is 368 g/mol. The van der Waals surface area contributed by atoms with Crippen molar-refractivity contribution in [1.82, 2.24) is 0 Å². The number of alkyl halides is 3. The zero-order valence-corrected chi connectivity index (χ0v) is 13.1. The van der Waals surface area contributed by atoms with Gasteiger partial charge in [0.05, 0.1) is 16.8 Å². The van der Waals surface area contributed by atoms with Gasteiger partial charge in [-0.3, -0.25) is 9.80 Å². The van der Waals surface area contributed by atoms with E-state index in [1.165, 1.54) is 4.90 Å². The Morgan fingerprint density at radius 3 is 2.19 bits per heavy atom. The van der Waals surface area contributed by atoms with Crippen molar-refractivity contribution in [3.05, 3.63) is 59.4 Å². The maximum absolute atomic E-state index is 14.0. The molecule has 3 rings (SSSR count). The van der Waals surface area contributed by atoms with Gasteiger partial charge in [0, 0.05) is 18.8 Å². The molecule has 1 heterocycles. The van der Waals surface area contributed by atoms with Gasteiger partial charge in [-0.15, -0.1) is 0 Å². The van der Waals surface area contributed by atoms with Crippen LogP contribution in [-0.2, 0) is 6.18 Å². The first-order valence-electron chi connectivity index (χ1n) is 7.47. The molecular formula is C17H12F4N2O3. The number of carboxylic acids is 1. The Bertz CT molecular complexity index is 865. The van der Waals surface area contributed by atoms with E-state index in [2.05, 4.69) is 0 Å². The largest absolute Gasteiger partial charge is 0.478 e. The number of nitrogens with zero attached hydrogens (tertiary/aromatic N) is 2. The summed E-state index contributed by atoms with van der Waals surface area (Å²) in [7, 11) is 0. The number of benzene rings is 2. The third kappa shape index (κ3) is 3.19. The number of aromatic carboxylic acids is 1. The van der Waals surface area contributed by atoms with Gasteiger partial charge in [0.15, 0.2) is 0 Å². The highest BCUT2D eigenvalue weighted by atomic mass is 19.4. The third-order valence-corrected chi connectivity index (χ3v) is 4.00. The Balaban J connectivity index is 1.87. The van der Waals surface area contributed by atoms with Gasteiger partial charge in [-0.25, -0.2) is 14.0 Å². The SMILES string of the molecule is O=C(O)c1ccc(F)c(N2CCN(c3ccc(C(F)(F)F)cc3)C2=O)c1. The van der Waals surface area contributed by atoms with Crippen LogP contribution in [0.5, 0.6) is 0 Å². The summed E-state index contributed by atoms with van der Waals surface area (Å²) < 4.78 is 51.9. The predicted octanol–water partition coefficient (Wildman–Crippen LogP) is 3.99. The molecule has 0 radical (unpaired) electrons. The van der Waals surface area contributed by atoms with E-state index in [1.54, 1.807) is 0 Å². The summed E-state index contributed by atoms with van der Waals surface area (Å²) in [6.07, 6.45) is -4.49. The van der Waals surface area contributed by atoms with Gasteiger partial charge in [0.25, 0.3) is 0 Å². The minimum Gasteiger partial charge on any atom is -0.478 e. The van der Waals surface area contributed by atoms with Crippen molar-refractivity contribution in [1.29, 1.82) is 0 Å². The summed E-state index contributed by atoms with van der Waals surface area (Å²) in [5, 5.41) is 9.00. The normalized spacial score (nSPS) is 14.8. The lowest BCUT2D eigenvalue weighted by molar-refractivity contribution is -0.137. The molecule has 2 amide bonds. The minimum absolute atomic E-state index is 0.0693. The maximum Gasteiger partial charge on any atom is 0.416 e. The molecule has 0 unspecified atom stereocenters. The second-order valence-electron chi connectivity index (χ2n) is 5.60. The number of hydrogen-bond acceptors (Lipinski definition) is 2. The number of amides is 2. The molecule has 1 N–H and O–H groups in total. The molecular weight excluding hydrogens is 356 g/mol. The first-order chi connectivity index (χ1) is 12.2. The van der Waals surface area contributed by atoms with E-state index in [0.717, 1.165) is 47.4 Å². The summed E-state index contributed by atoms with van der Waals surface area (Å²) in [6.45, 7) is 0.195. The summed E-state index contributed by atoms with van der Waals surface area (Å²) in [5.74, 6) is -2.03. The van der Waals surface area contributed by atoms with Gasteiger partial charge < -0.3 is 5.11 Å². The fraction of sp³-hybridized carbons (Fsp3) is 0.176. The second kappa shape index (κ2) is 6.32. The zero-order chi connectivity index (χ0) is 19.1. The van der Waals surface area contributed by atoms with Gasteiger partial charge in [0.1, 0.15) is 5.82 Å². The van der Waals surface area contributed by atoms with Crippen LogP contribution in [-0.4, -0.2) is 30.2 Å². The number of carbonyl (C=O) groups excluding carboxylic acids is 1. The fourth-order valence-electron chi connectivity index (χ4n) is 2.68. The van der Waals surface area contributed by atoms with Crippen molar-refractivity contribution in [2.45, 2.75) is 6.18 Å². The van der Waals surface area contributed by atoms with E-state index in [4.69, 9.17) is 5.11 Å². The molecule has 0 spiro atoms. The number of urea groups is 1. The smallest absolute Gasteiger partial charge is 0.416 e. The summed E-state index contributed by atoms with van der Waals surface area (Å²) in [6, 6.07) is 6.47. The van der Waals surface area contributed by atoms with Gasteiger partial charge in [-0.2, -0.15) is 13.2 Å². The van der Waals surface area contributed by atoms with Crippen LogP contribution in [0.25, 0.3) is 0 Å². The van der Waals surface area contributed by atoms with E-state index in [9.17, 15) is 27.2 Å². The first-order valence-corrected chi connectivity index (χ1v) is 7.47. The molecule has 0 aliphatic carbocycles. The average Bonchev–Trinajstić information content (AvgIpc) is 2.96. The highest BCUT2D eigenvalue weighted by molar-refractivity contribution is 6.06. The Labute approximate surface area is 145 Å². The molecule has 9 heteroatoms. The molecule has 1 fully saturated rings. The molecule has 0 bridgehead atoms. The van der Waals surface area contributed by atoms with Crippen molar-refractivity contribution >= 4 is 23.4 Å². The van der Waals surface area contributed by atoms with E-state index in [0.29, 0.717) is 0 Å². The van der Waals surface area contributed by atoms with Crippen LogP contribution in [0.3, 0.4) is 0 Å². The molecule has 0 saturated carbocycles. The molecule has 1 saturated heterocycles. The van der Waals surface area contributed by atoms with Gasteiger partial charge in [-0.1, -0.05) is 0 Å². The molecule has 0 aromatic heterocycles. The topological polar surface area (TPSA) is 60.9 Å². The van der Waals surface area contributed by atoms with E-state index in [-0.39, 0.29) is 30.0 Å². The maximum atomic E-state index is 14.0. The van der Waals surface area contributed by atoms with E-state index in [1.807, 2.05) is 0 Å². The van der Waals surface area contributed by atoms with Crippen molar-refractivity contribution in [3.8, 4) is 0 Å². The molecule has 136 valence electrons. The second-order valence-corrected chi connectivity index (χ2v) is 5.60. The number of carboxylic acid groups (broad SMARTS) is 1. The molecule has 2 aromatic carbocycles. The number of halogens is 4. The summed E-state index contributed by atoms with van der Waals surface area (Å²) >= 11 is 0. The number of rotatable bonds is 3. The van der Waals surface area contributed by atoms with Crippen molar-refractivity contribution in [2.24, 2.45) is 0 Å². The zero-order valence-electron chi connectivity index (χ0n) is 13.1. The molecule has 0 atom stereocenters. The molecule has 5 nitrogen and oxygen atoms in total. The Morgan fingerprint density at radius 2 is 1.62 bits per heavy atom. The van der Waals surface area contributed by atoms with Crippen molar-refractivity contribution in [3.63, 3.8) is 0 Å². The Kier molecular flexibility index (Phi) is 4.31. The van der Waals surface area contributed by atoms with Gasteiger partial charge in [-0.05, 0) is 42.5 Å². The quantitative estimate of drug-likeness (QED) is 0.834. The third-order valence-electron chi connectivity index (χ3n) is 4.00. The van der Waals surface area contributed by atoms with Crippen LogP contribution in [0.15, 0.2) is 42.5 Å². The van der Waals surface area contributed by atoms with Crippen LogP contribution < -0.4 is 9.80 Å². The number of hydrogen-bond donors (Lipinski definition) is 1. The summed E-state index contributed by atoms with van der Waals surface area (Å²) in [5.41, 5.74) is -0.975. The van der Waals surface area contributed by atoms with E-state index < -0.39 is 29.6 Å². The lowest BCUT2D eigenvalue weighted by atomic mass is 10.2. The standard InChI is InChI=1S/C17H12F4N2O3/c18-13-6-1-10(15(24)25)9-14(13)23-8-7-22(16(23)26)12-4-2-11(3-5-12)17(19,20)21/h1-6,9H,7-8H2,(H,24,25). The minimum atomic E-state index is -4.49. The summed E-state index contributed by atoms with van der Waals surface area (Å²) in [4.78, 5) is 25.8. The highest BCUT2D eigenvalue weighted by Crippen LogP contribution is 2.32. The number of anilines is 2. The highest BCUT2D eigenvalue weighted by Gasteiger charge is 2.34. The Morgan fingerprint density at radius 1 is 1.00 bits per heavy atom. The molecule has 2 aromatic rings. The lowest BCUT2D eigenvalue weighted by Gasteiger charge is -2.20.